The van der Waals surface area contributed by atoms with E-state index in [0.717, 1.165) is 31.0 Å². The van der Waals surface area contributed by atoms with Crippen LogP contribution in [0.15, 0.2) is 46.3 Å². The smallest absolute Gasteiger partial charge is 0.263 e. The fourth-order valence-electron chi connectivity index (χ4n) is 2.63. The third-order valence-electron chi connectivity index (χ3n) is 3.93. The van der Waals surface area contributed by atoms with Gasteiger partial charge in [0.15, 0.2) is 0 Å². The molecule has 3 rings (SSSR count). The van der Waals surface area contributed by atoms with Crippen molar-refractivity contribution in [2.45, 2.75) is 29.1 Å². The quantitative estimate of drug-likeness (QED) is 0.828. The van der Waals surface area contributed by atoms with Gasteiger partial charge in [-0.15, -0.1) is 0 Å². The summed E-state index contributed by atoms with van der Waals surface area (Å²) in [5, 5.41) is 0. The van der Waals surface area contributed by atoms with Crippen LogP contribution < -0.4 is 9.44 Å². The van der Waals surface area contributed by atoms with E-state index < -0.39 is 20.0 Å². The number of aryl methyl sites for hydroxylation is 2. The van der Waals surface area contributed by atoms with E-state index >= 15 is 0 Å². The summed E-state index contributed by atoms with van der Waals surface area (Å²) in [6, 6.07) is 7.71. The highest BCUT2D eigenvalue weighted by atomic mass is 32.2. The maximum atomic E-state index is 12.5. The molecule has 2 aromatic rings. The molecule has 2 N–H and O–H groups in total. The van der Waals surface area contributed by atoms with Crippen LogP contribution >= 0.6 is 0 Å². The molecule has 0 radical (unpaired) electrons. The van der Waals surface area contributed by atoms with E-state index in [4.69, 9.17) is 0 Å². The summed E-state index contributed by atoms with van der Waals surface area (Å²) in [5.74, 6) is 0.0607. The molecule has 24 heavy (non-hydrogen) atoms. The first-order chi connectivity index (χ1) is 11.3. The summed E-state index contributed by atoms with van der Waals surface area (Å²) in [6.07, 6.45) is 4.00. The van der Waals surface area contributed by atoms with Gasteiger partial charge in [0.1, 0.15) is 10.7 Å². The van der Waals surface area contributed by atoms with Gasteiger partial charge in [0, 0.05) is 6.20 Å². The average molecular weight is 367 g/mol. The lowest BCUT2D eigenvalue weighted by molar-refractivity contribution is 0.588. The van der Waals surface area contributed by atoms with Crippen molar-refractivity contribution < 1.29 is 16.8 Å². The van der Waals surface area contributed by atoms with Gasteiger partial charge in [-0.2, -0.15) is 0 Å². The molecule has 0 fully saturated rings. The number of sulfonamides is 2. The summed E-state index contributed by atoms with van der Waals surface area (Å²) in [5.41, 5.74) is 2.25. The van der Waals surface area contributed by atoms with Crippen molar-refractivity contribution in [2.24, 2.45) is 0 Å². The van der Waals surface area contributed by atoms with Crippen molar-refractivity contribution in [3.8, 4) is 0 Å². The Kier molecular flexibility index (Phi) is 4.33. The van der Waals surface area contributed by atoms with Gasteiger partial charge in [-0.1, -0.05) is 6.07 Å². The van der Waals surface area contributed by atoms with Crippen LogP contribution in [0.25, 0.3) is 0 Å². The van der Waals surface area contributed by atoms with E-state index in [2.05, 4.69) is 14.4 Å². The molecule has 7 nitrogen and oxygen atoms in total. The lowest BCUT2D eigenvalue weighted by Gasteiger charge is -2.09. The predicted octanol–water partition coefficient (Wildman–Crippen LogP) is 1.28. The zero-order chi connectivity index (χ0) is 17.4. The van der Waals surface area contributed by atoms with Gasteiger partial charge in [0.2, 0.25) is 10.0 Å². The molecule has 0 saturated heterocycles. The minimum absolute atomic E-state index is 0.0366. The lowest BCUT2D eigenvalue weighted by Crippen LogP contribution is -2.19. The Balaban J connectivity index is 1.85. The number of nitrogens with one attached hydrogen (secondary N) is 2. The zero-order valence-electron chi connectivity index (χ0n) is 13.0. The highest BCUT2D eigenvalue weighted by molar-refractivity contribution is 7.92. The Bertz CT molecular complexity index is 968. The van der Waals surface area contributed by atoms with Gasteiger partial charge in [-0.05, 0) is 61.7 Å². The number of hydrogen-bond donors (Lipinski definition) is 2. The number of pyridine rings is 1. The van der Waals surface area contributed by atoms with Gasteiger partial charge in [-0.25, -0.2) is 26.5 Å². The third-order valence-corrected chi connectivity index (χ3v) is 6.69. The molecular formula is C15H17N3O4S2. The minimum Gasteiger partial charge on any atom is -0.263 e. The molecule has 0 spiro atoms. The first-order valence-electron chi connectivity index (χ1n) is 7.36. The van der Waals surface area contributed by atoms with E-state index in [1.807, 2.05) is 6.07 Å². The summed E-state index contributed by atoms with van der Waals surface area (Å²) < 4.78 is 52.7. The van der Waals surface area contributed by atoms with Crippen LogP contribution in [0.3, 0.4) is 0 Å². The van der Waals surface area contributed by atoms with Crippen LogP contribution in [0.5, 0.6) is 0 Å². The monoisotopic (exact) mass is 367 g/mol. The molecule has 0 saturated carbocycles. The number of fused-ring (bicyclic) bond motifs is 1. The highest BCUT2D eigenvalue weighted by Gasteiger charge is 2.19. The summed E-state index contributed by atoms with van der Waals surface area (Å²) in [6.45, 7) is 0. The topological polar surface area (TPSA) is 105 Å². The molecule has 9 heteroatoms. The van der Waals surface area contributed by atoms with Crippen LogP contribution in [-0.4, -0.2) is 28.9 Å². The number of nitrogens with zero attached hydrogens (tertiary/aromatic N) is 1. The largest absolute Gasteiger partial charge is 0.263 e. The molecular weight excluding hydrogens is 350 g/mol. The molecule has 0 unspecified atom stereocenters. The predicted molar refractivity (Wildman–Crippen MR) is 89.8 cm³/mol. The fraction of sp³-hybridized carbons (Fsp3) is 0.267. The molecule has 1 aliphatic carbocycles. The maximum absolute atomic E-state index is 12.5. The number of hydrogen-bond acceptors (Lipinski definition) is 5. The zero-order valence-corrected chi connectivity index (χ0v) is 14.6. The number of benzene rings is 1. The first-order valence-corrected chi connectivity index (χ1v) is 10.3. The van der Waals surface area contributed by atoms with Gasteiger partial charge < -0.3 is 0 Å². The van der Waals surface area contributed by atoms with Crippen molar-refractivity contribution in [1.82, 2.24) is 9.71 Å². The third kappa shape index (κ3) is 3.28. The molecule has 128 valence electrons. The van der Waals surface area contributed by atoms with Crippen LogP contribution in [0.1, 0.15) is 17.5 Å². The van der Waals surface area contributed by atoms with Gasteiger partial charge in [0.05, 0.1) is 4.90 Å². The molecule has 0 amide bonds. The Labute approximate surface area is 141 Å². The normalized spacial score (nSPS) is 14.4. The summed E-state index contributed by atoms with van der Waals surface area (Å²) in [4.78, 5) is 4.01. The van der Waals surface area contributed by atoms with Crippen LogP contribution in [0, 0.1) is 0 Å². The highest BCUT2D eigenvalue weighted by Crippen LogP contribution is 2.25. The van der Waals surface area contributed by atoms with Crippen LogP contribution in [0.2, 0.25) is 0 Å². The standard InChI is InChI=1S/C15H17N3O4S2/c1-16-23(19,20)14-7-8-15(17-10-14)18-24(21,22)13-6-5-11-3-2-4-12(11)9-13/h5-10,16H,2-4H2,1H3,(H,17,18). The molecule has 0 aliphatic heterocycles. The van der Waals surface area contributed by atoms with Crippen LogP contribution in [-0.2, 0) is 32.9 Å². The number of anilines is 1. The SMILES string of the molecule is CNS(=O)(=O)c1ccc(NS(=O)(=O)c2ccc3c(c2)CCC3)nc1. The molecule has 0 atom stereocenters. The van der Waals surface area contributed by atoms with Crippen molar-refractivity contribution in [3.05, 3.63) is 47.7 Å². The molecule has 1 aromatic heterocycles. The molecule has 1 heterocycles. The van der Waals surface area contributed by atoms with Crippen molar-refractivity contribution >= 4 is 25.9 Å². The average Bonchev–Trinajstić information content (AvgIpc) is 3.02. The number of rotatable bonds is 5. The minimum atomic E-state index is -3.77. The second-order valence-corrected chi connectivity index (χ2v) is 9.05. The van der Waals surface area contributed by atoms with Crippen molar-refractivity contribution in [3.63, 3.8) is 0 Å². The van der Waals surface area contributed by atoms with E-state index in [0.29, 0.717) is 0 Å². The first kappa shape index (κ1) is 16.9. The van der Waals surface area contributed by atoms with E-state index in [1.54, 1.807) is 12.1 Å². The van der Waals surface area contributed by atoms with Gasteiger partial charge in [0.25, 0.3) is 10.0 Å². The molecule has 0 bridgehead atoms. The molecule has 1 aliphatic rings. The lowest BCUT2D eigenvalue weighted by atomic mass is 10.1. The summed E-state index contributed by atoms with van der Waals surface area (Å²) in [7, 11) is -6.08. The second-order valence-electron chi connectivity index (χ2n) is 5.48. The second kappa shape index (κ2) is 6.15. The molecule has 1 aromatic carbocycles. The van der Waals surface area contributed by atoms with Crippen molar-refractivity contribution in [1.29, 1.82) is 0 Å². The Morgan fingerprint density at radius 3 is 2.29 bits per heavy atom. The fourth-order valence-corrected chi connectivity index (χ4v) is 4.36. The van der Waals surface area contributed by atoms with E-state index in [1.165, 1.54) is 24.7 Å². The van der Waals surface area contributed by atoms with Gasteiger partial charge in [-0.3, -0.25) is 4.72 Å². The van der Waals surface area contributed by atoms with Crippen molar-refractivity contribution in [2.75, 3.05) is 11.8 Å². The Morgan fingerprint density at radius 1 is 0.917 bits per heavy atom. The van der Waals surface area contributed by atoms with E-state index in [9.17, 15) is 16.8 Å². The van der Waals surface area contributed by atoms with Gasteiger partial charge >= 0.3 is 0 Å². The van der Waals surface area contributed by atoms with E-state index in [-0.39, 0.29) is 15.6 Å². The number of aromatic nitrogens is 1. The van der Waals surface area contributed by atoms with Crippen LogP contribution in [0.4, 0.5) is 5.82 Å². The maximum Gasteiger partial charge on any atom is 0.263 e. The Hall–Kier alpha value is -1.97. The summed E-state index contributed by atoms with van der Waals surface area (Å²) >= 11 is 0. The Morgan fingerprint density at radius 2 is 1.62 bits per heavy atom.